The van der Waals surface area contributed by atoms with Crippen molar-refractivity contribution in [3.05, 3.63) is 77.3 Å². The number of imide groups is 1. The number of carbonyl (C=O) groups is 2. The molecule has 8 nitrogen and oxygen atoms in total. The van der Waals surface area contributed by atoms with E-state index >= 15 is 0 Å². The minimum Gasteiger partial charge on any atom is -0.497 e. The molecule has 0 spiro atoms. The van der Waals surface area contributed by atoms with E-state index in [4.69, 9.17) is 9.26 Å². The fourth-order valence-corrected chi connectivity index (χ4v) is 4.61. The third kappa shape index (κ3) is 4.05. The highest BCUT2D eigenvalue weighted by atomic mass is 32.2. The lowest BCUT2D eigenvalue weighted by atomic mass is 10.1. The molecular weight excluding hydrogens is 447 g/mol. The summed E-state index contributed by atoms with van der Waals surface area (Å²) < 4.78 is 25.2. The first-order valence-electron chi connectivity index (χ1n) is 10.1. The minimum atomic E-state index is -0.513. The van der Waals surface area contributed by atoms with Crippen LogP contribution in [0.2, 0.25) is 0 Å². The van der Waals surface area contributed by atoms with Gasteiger partial charge in [0.2, 0.25) is 5.82 Å². The maximum atomic E-state index is 13.3. The Balaban J connectivity index is 1.41. The summed E-state index contributed by atoms with van der Waals surface area (Å²) in [6.45, 7) is 0.142. The average molecular weight is 465 g/mol. The SMILES string of the molecule is COc1ccc(CN2C(=O)C3SC=CC3=[N+](Cc3nc(-c4ccc(F)cc4)no3)C2=O)cc1. The Labute approximate surface area is 192 Å². The Morgan fingerprint density at radius 3 is 2.64 bits per heavy atom. The van der Waals surface area contributed by atoms with Crippen molar-refractivity contribution in [2.24, 2.45) is 0 Å². The molecule has 1 atom stereocenters. The number of benzene rings is 2. The predicted molar refractivity (Wildman–Crippen MR) is 118 cm³/mol. The fraction of sp³-hybridized carbons (Fsp3) is 0.174. The van der Waals surface area contributed by atoms with Crippen LogP contribution in [0.3, 0.4) is 0 Å². The van der Waals surface area contributed by atoms with Crippen LogP contribution in [0.1, 0.15) is 11.5 Å². The van der Waals surface area contributed by atoms with Crippen molar-refractivity contribution in [3.63, 3.8) is 0 Å². The lowest BCUT2D eigenvalue weighted by molar-refractivity contribution is -0.458. The standard InChI is InChI=1S/C23H18FN4O4S/c1-31-17-8-2-14(3-9-17)12-28-22(29)20-18(10-11-33-20)27(23(28)30)13-19-25-21(26-32-19)15-4-6-16(24)7-5-15/h2-11,20H,12-13H2,1H3/q+1. The highest BCUT2D eigenvalue weighted by Crippen LogP contribution is 2.29. The quantitative estimate of drug-likeness (QED) is 0.514. The second-order valence-corrected chi connectivity index (χ2v) is 8.42. The summed E-state index contributed by atoms with van der Waals surface area (Å²) in [5.41, 5.74) is 1.98. The number of rotatable bonds is 6. The molecule has 2 aromatic carbocycles. The second kappa shape index (κ2) is 8.62. The summed E-state index contributed by atoms with van der Waals surface area (Å²) >= 11 is 1.35. The molecule has 2 aliphatic rings. The molecule has 0 saturated heterocycles. The van der Waals surface area contributed by atoms with Crippen molar-refractivity contribution < 1.29 is 27.8 Å². The van der Waals surface area contributed by atoms with Gasteiger partial charge in [-0.15, -0.1) is 11.8 Å². The van der Waals surface area contributed by atoms with Crippen LogP contribution in [-0.2, 0) is 17.9 Å². The van der Waals surface area contributed by atoms with Crippen molar-refractivity contribution in [2.45, 2.75) is 18.3 Å². The Hall–Kier alpha value is -3.79. The lowest BCUT2D eigenvalue weighted by Crippen LogP contribution is -2.54. The summed E-state index contributed by atoms with van der Waals surface area (Å²) in [5, 5.41) is 5.22. The predicted octanol–water partition coefficient (Wildman–Crippen LogP) is 3.63. The molecule has 1 unspecified atom stereocenters. The number of nitrogens with zero attached hydrogens (tertiary/aromatic N) is 4. The number of allylic oxidation sites excluding steroid dienone is 1. The average Bonchev–Trinajstić information content (AvgIpc) is 3.50. The maximum absolute atomic E-state index is 13.3. The Morgan fingerprint density at radius 1 is 1.15 bits per heavy atom. The molecular formula is C23H18FN4O4S+. The monoisotopic (exact) mass is 465 g/mol. The van der Waals surface area contributed by atoms with Gasteiger partial charge in [-0.1, -0.05) is 17.3 Å². The van der Waals surface area contributed by atoms with Crippen molar-refractivity contribution in [2.75, 3.05) is 7.11 Å². The number of ether oxygens (including phenoxy) is 1. The fourth-order valence-electron chi connectivity index (χ4n) is 3.64. The number of fused-ring (bicyclic) bond motifs is 1. The van der Waals surface area contributed by atoms with Crippen molar-refractivity contribution in [1.29, 1.82) is 0 Å². The topological polar surface area (TPSA) is 88.5 Å². The molecule has 0 saturated carbocycles. The van der Waals surface area contributed by atoms with E-state index < -0.39 is 11.3 Å². The number of amides is 3. The molecule has 2 aliphatic heterocycles. The van der Waals surface area contributed by atoms with Crippen LogP contribution < -0.4 is 4.74 Å². The van der Waals surface area contributed by atoms with E-state index in [-0.39, 0.29) is 30.7 Å². The molecule has 10 heteroatoms. The van der Waals surface area contributed by atoms with Crippen LogP contribution in [0.5, 0.6) is 5.75 Å². The van der Waals surface area contributed by atoms with Gasteiger partial charge in [0.15, 0.2) is 11.8 Å². The van der Waals surface area contributed by atoms with E-state index in [9.17, 15) is 14.0 Å². The molecule has 0 aliphatic carbocycles. The van der Waals surface area contributed by atoms with Gasteiger partial charge in [-0.25, -0.2) is 9.18 Å². The largest absolute Gasteiger partial charge is 0.501 e. The molecule has 0 N–H and O–H groups in total. The van der Waals surface area contributed by atoms with Crippen molar-refractivity contribution >= 4 is 29.4 Å². The van der Waals surface area contributed by atoms with Gasteiger partial charge in [0.1, 0.15) is 23.8 Å². The first-order valence-corrected chi connectivity index (χ1v) is 11.0. The van der Waals surface area contributed by atoms with Crippen LogP contribution in [0.25, 0.3) is 11.4 Å². The second-order valence-electron chi connectivity index (χ2n) is 7.40. The summed E-state index contributed by atoms with van der Waals surface area (Å²) in [6.07, 6.45) is 1.76. The molecule has 5 rings (SSSR count). The van der Waals surface area contributed by atoms with E-state index in [1.54, 1.807) is 42.9 Å². The molecule has 166 valence electrons. The summed E-state index contributed by atoms with van der Waals surface area (Å²) in [7, 11) is 1.57. The van der Waals surface area contributed by atoms with Gasteiger partial charge in [0.25, 0.3) is 5.89 Å². The van der Waals surface area contributed by atoms with Gasteiger partial charge >= 0.3 is 11.9 Å². The number of hydrogen-bond donors (Lipinski definition) is 0. The Morgan fingerprint density at radius 2 is 1.91 bits per heavy atom. The van der Waals surface area contributed by atoms with E-state index in [1.807, 2.05) is 12.1 Å². The molecule has 3 amide bonds. The van der Waals surface area contributed by atoms with Crippen LogP contribution in [0.4, 0.5) is 9.18 Å². The third-order valence-electron chi connectivity index (χ3n) is 5.35. The van der Waals surface area contributed by atoms with Gasteiger partial charge in [-0.3, -0.25) is 0 Å². The van der Waals surface area contributed by atoms with Crippen LogP contribution in [0.15, 0.2) is 64.5 Å². The highest BCUT2D eigenvalue weighted by molar-refractivity contribution is 8.04. The lowest BCUT2D eigenvalue weighted by Gasteiger charge is -2.23. The van der Waals surface area contributed by atoms with Crippen LogP contribution >= 0.6 is 11.8 Å². The Bertz CT molecular complexity index is 1280. The summed E-state index contributed by atoms with van der Waals surface area (Å²) in [4.78, 5) is 32.0. The zero-order chi connectivity index (χ0) is 22.9. The molecule has 3 heterocycles. The normalized spacial score (nSPS) is 17.6. The van der Waals surface area contributed by atoms with Crippen molar-refractivity contribution in [1.82, 2.24) is 15.0 Å². The van der Waals surface area contributed by atoms with Gasteiger partial charge < -0.3 is 9.26 Å². The minimum absolute atomic E-state index is 0.0101. The molecule has 0 bridgehead atoms. The summed E-state index contributed by atoms with van der Waals surface area (Å²) in [5.74, 6) is 0.554. The first kappa shape index (κ1) is 21.1. The number of methoxy groups -OCH3 is 1. The number of thioether (sulfide) groups is 1. The van der Waals surface area contributed by atoms with Gasteiger partial charge in [-0.05, 0) is 53.4 Å². The molecule has 33 heavy (non-hydrogen) atoms. The zero-order valence-electron chi connectivity index (χ0n) is 17.5. The van der Waals surface area contributed by atoms with Gasteiger partial charge in [0, 0.05) is 5.56 Å². The molecule has 1 aromatic heterocycles. The van der Waals surface area contributed by atoms with E-state index in [2.05, 4.69) is 10.1 Å². The van der Waals surface area contributed by atoms with Crippen LogP contribution in [-0.4, -0.2) is 49.6 Å². The van der Waals surface area contributed by atoms with Crippen LogP contribution in [0, 0.1) is 5.82 Å². The maximum Gasteiger partial charge on any atom is 0.501 e. The Kier molecular flexibility index (Phi) is 5.51. The smallest absolute Gasteiger partial charge is 0.497 e. The number of carbonyl (C=O) groups excluding carboxylic acids is 2. The number of halogens is 1. The molecule has 0 fully saturated rings. The zero-order valence-corrected chi connectivity index (χ0v) is 18.3. The first-order chi connectivity index (χ1) is 16.0. The van der Waals surface area contributed by atoms with Crippen molar-refractivity contribution in [3.8, 4) is 17.1 Å². The van der Waals surface area contributed by atoms with E-state index in [0.717, 1.165) is 5.56 Å². The number of urea groups is 1. The molecule has 3 aromatic rings. The van der Waals surface area contributed by atoms with E-state index in [1.165, 1.54) is 33.4 Å². The van der Waals surface area contributed by atoms with E-state index in [0.29, 0.717) is 22.8 Å². The number of aromatic nitrogens is 2. The van der Waals surface area contributed by atoms with Gasteiger partial charge in [0.05, 0.1) is 7.11 Å². The van der Waals surface area contributed by atoms with Gasteiger partial charge in [-0.2, -0.15) is 19.3 Å². The molecule has 0 radical (unpaired) electrons. The number of hydrogen-bond acceptors (Lipinski definition) is 7. The highest BCUT2D eigenvalue weighted by Gasteiger charge is 2.49. The third-order valence-corrected chi connectivity index (χ3v) is 6.36. The summed E-state index contributed by atoms with van der Waals surface area (Å²) in [6, 6.07) is 12.4.